The molecule has 0 aliphatic carbocycles. The van der Waals surface area contributed by atoms with E-state index in [2.05, 4.69) is 5.32 Å². The molecule has 0 radical (unpaired) electrons. The maximum absolute atomic E-state index is 13.1. The van der Waals surface area contributed by atoms with Crippen LogP contribution in [0.5, 0.6) is 11.5 Å². The number of halogens is 1. The van der Waals surface area contributed by atoms with Gasteiger partial charge in [-0.2, -0.15) is 0 Å². The van der Waals surface area contributed by atoms with E-state index in [-0.39, 0.29) is 18.0 Å². The van der Waals surface area contributed by atoms with Crippen LogP contribution in [-0.4, -0.2) is 25.0 Å². The Bertz CT molecular complexity index is 1280. The molecule has 0 aromatic heterocycles. The third-order valence-electron chi connectivity index (χ3n) is 5.20. The van der Waals surface area contributed by atoms with E-state index in [4.69, 9.17) is 9.47 Å². The topological polar surface area (TPSA) is 84.9 Å². The molecule has 0 spiro atoms. The first kappa shape index (κ1) is 22.7. The van der Waals surface area contributed by atoms with Crippen molar-refractivity contribution in [3.05, 3.63) is 94.8 Å². The highest BCUT2D eigenvalue weighted by atomic mass is 19.1. The van der Waals surface area contributed by atoms with Crippen molar-refractivity contribution >= 4 is 29.6 Å². The first-order valence-corrected chi connectivity index (χ1v) is 10.4. The quantitative estimate of drug-likeness (QED) is 0.436. The van der Waals surface area contributed by atoms with E-state index in [0.717, 1.165) is 16.0 Å². The number of amides is 4. The number of nitrogens with zero attached hydrogens (tertiary/aromatic N) is 1. The van der Waals surface area contributed by atoms with Gasteiger partial charge in [0.15, 0.2) is 11.5 Å². The summed E-state index contributed by atoms with van der Waals surface area (Å²) in [6.45, 7) is 2.09. The molecule has 0 bridgehead atoms. The Hall–Kier alpha value is -4.46. The van der Waals surface area contributed by atoms with E-state index in [1.165, 1.54) is 25.3 Å². The maximum Gasteiger partial charge on any atom is 0.335 e. The van der Waals surface area contributed by atoms with Gasteiger partial charge in [0.1, 0.15) is 18.0 Å². The molecule has 1 fully saturated rings. The monoisotopic (exact) mass is 460 g/mol. The van der Waals surface area contributed by atoms with Crippen molar-refractivity contribution < 1.29 is 28.2 Å². The molecule has 1 N–H and O–H groups in total. The van der Waals surface area contributed by atoms with E-state index in [1.54, 1.807) is 54.6 Å². The number of aryl methyl sites for hydroxylation is 1. The molecule has 1 heterocycles. The van der Waals surface area contributed by atoms with Gasteiger partial charge < -0.3 is 9.47 Å². The van der Waals surface area contributed by atoms with E-state index >= 15 is 0 Å². The second kappa shape index (κ2) is 9.58. The number of rotatable bonds is 6. The van der Waals surface area contributed by atoms with Crippen LogP contribution in [0.1, 0.15) is 16.7 Å². The number of nitrogens with one attached hydrogen (secondary N) is 1. The molecule has 7 nitrogen and oxygen atoms in total. The molecule has 0 unspecified atom stereocenters. The number of barbiturate groups is 1. The molecule has 1 aliphatic rings. The fourth-order valence-electron chi connectivity index (χ4n) is 3.39. The molecule has 8 heteroatoms. The number of urea groups is 1. The summed E-state index contributed by atoms with van der Waals surface area (Å²) in [6.07, 6.45) is 1.39. The normalized spacial score (nSPS) is 14.9. The Balaban J connectivity index is 1.58. The van der Waals surface area contributed by atoms with Crippen molar-refractivity contribution in [1.29, 1.82) is 0 Å². The standard InChI is InChI=1S/C26H21FN2O5/c1-16-3-10-20(11-4-16)29-25(31)21(24(30)28-26(29)32)13-18-7-12-22(23(14-18)33-2)34-15-17-5-8-19(27)9-6-17/h3-14H,15H2,1-2H3,(H,28,30,32). The Morgan fingerprint density at radius 2 is 1.65 bits per heavy atom. The zero-order valence-corrected chi connectivity index (χ0v) is 18.5. The molecule has 1 aliphatic heterocycles. The van der Waals surface area contributed by atoms with Crippen LogP contribution >= 0.6 is 0 Å². The first-order valence-electron chi connectivity index (χ1n) is 10.4. The van der Waals surface area contributed by atoms with E-state index in [1.807, 2.05) is 6.92 Å². The highest BCUT2D eigenvalue weighted by molar-refractivity contribution is 6.39. The van der Waals surface area contributed by atoms with Crippen molar-refractivity contribution in [2.24, 2.45) is 0 Å². The van der Waals surface area contributed by atoms with Crippen LogP contribution in [0.4, 0.5) is 14.9 Å². The van der Waals surface area contributed by atoms with Gasteiger partial charge in [-0.1, -0.05) is 35.9 Å². The summed E-state index contributed by atoms with van der Waals surface area (Å²) in [5.74, 6) is -1.03. The minimum absolute atomic E-state index is 0.192. The summed E-state index contributed by atoms with van der Waals surface area (Å²) in [7, 11) is 1.47. The van der Waals surface area contributed by atoms with Crippen LogP contribution in [0.2, 0.25) is 0 Å². The zero-order chi connectivity index (χ0) is 24.2. The molecular weight excluding hydrogens is 439 g/mol. The van der Waals surface area contributed by atoms with E-state index in [9.17, 15) is 18.8 Å². The molecule has 3 aromatic carbocycles. The Morgan fingerprint density at radius 3 is 2.32 bits per heavy atom. The predicted molar refractivity (Wildman–Crippen MR) is 124 cm³/mol. The SMILES string of the molecule is COc1cc(C=C2C(=O)NC(=O)N(c3ccc(C)cc3)C2=O)ccc1OCc1ccc(F)cc1. The fraction of sp³-hybridized carbons (Fsp3) is 0.115. The lowest BCUT2D eigenvalue weighted by molar-refractivity contribution is -0.122. The maximum atomic E-state index is 13.1. The second-order valence-corrected chi connectivity index (χ2v) is 7.62. The summed E-state index contributed by atoms with van der Waals surface area (Å²) in [5, 5.41) is 2.20. The number of methoxy groups -OCH3 is 1. The molecule has 0 saturated carbocycles. The van der Waals surface area contributed by atoms with E-state index in [0.29, 0.717) is 22.7 Å². The summed E-state index contributed by atoms with van der Waals surface area (Å²) in [5.41, 5.74) is 2.41. The number of benzene rings is 3. The lowest BCUT2D eigenvalue weighted by Gasteiger charge is -2.26. The minimum Gasteiger partial charge on any atom is -0.493 e. The van der Waals surface area contributed by atoms with Gasteiger partial charge in [-0.25, -0.2) is 14.1 Å². The van der Waals surface area contributed by atoms with Crippen LogP contribution in [0.3, 0.4) is 0 Å². The third kappa shape index (κ3) is 4.80. The molecule has 4 amide bonds. The Morgan fingerprint density at radius 1 is 0.941 bits per heavy atom. The van der Waals surface area contributed by atoms with Crippen LogP contribution < -0.4 is 19.7 Å². The zero-order valence-electron chi connectivity index (χ0n) is 18.5. The van der Waals surface area contributed by atoms with Gasteiger partial charge in [-0.15, -0.1) is 0 Å². The largest absolute Gasteiger partial charge is 0.493 e. The number of ether oxygens (including phenoxy) is 2. The molecule has 1 saturated heterocycles. The van der Waals surface area contributed by atoms with Crippen molar-refractivity contribution in [2.45, 2.75) is 13.5 Å². The van der Waals surface area contributed by atoms with Crippen LogP contribution in [-0.2, 0) is 16.2 Å². The van der Waals surface area contributed by atoms with Gasteiger partial charge in [0.25, 0.3) is 11.8 Å². The fourth-order valence-corrected chi connectivity index (χ4v) is 3.39. The van der Waals surface area contributed by atoms with Crippen molar-refractivity contribution in [3.63, 3.8) is 0 Å². The lowest BCUT2D eigenvalue weighted by atomic mass is 10.1. The molecular formula is C26H21FN2O5. The summed E-state index contributed by atoms with van der Waals surface area (Å²) < 4.78 is 24.2. The minimum atomic E-state index is -0.807. The predicted octanol–water partition coefficient (Wildman–Crippen LogP) is 4.39. The summed E-state index contributed by atoms with van der Waals surface area (Å²) in [6, 6.07) is 16.8. The van der Waals surface area contributed by atoms with Gasteiger partial charge in [0.2, 0.25) is 0 Å². The van der Waals surface area contributed by atoms with Gasteiger partial charge in [0, 0.05) is 0 Å². The van der Waals surface area contributed by atoms with Crippen molar-refractivity contribution in [3.8, 4) is 11.5 Å². The van der Waals surface area contributed by atoms with Crippen molar-refractivity contribution in [2.75, 3.05) is 12.0 Å². The molecule has 172 valence electrons. The number of carbonyl (C=O) groups excluding carboxylic acids is 3. The average Bonchev–Trinajstić information content (AvgIpc) is 2.83. The Labute approximate surface area is 195 Å². The summed E-state index contributed by atoms with van der Waals surface area (Å²) >= 11 is 0. The number of imide groups is 2. The molecule has 0 atom stereocenters. The molecule has 4 rings (SSSR count). The van der Waals surface area contributed by atoms with Gasteiger partial charge >= 0.3 is 6.03 Å². The lowest BCUT2D eigenvalue weighted by Crippen LogP contribution is -2.54. The smallest absolute Gasteiger partial charge is 0.335 e. The number of hydrogen-bond acceptors (Lipinski definition) is 5. The number of hydrogen-bond donors (Lipinski definition) is 1. The summed E-state index contributed by atoms with van der Waals surface area (Å²) in [4.78, 5) is 38.7. The van der Waals surface area contributed by atoms with Gasteiger partial charge in [0.05, 0.1) is 12.8 Å². The van der Waals surface area contributed by atoms with Crippen LogP contribution in [0, 0.1) is 12.7 Å². The highest BCUT2D eigenvalue weighted by Crippen LogP contribution is 2.30. The average molecular weight is 460 g/mol. The second-order valence-electron chi connectivity index (χ2n) is 7.62. The first-order chi connectivity index (χ1) is 16.4. The third-order valence-corrected chi connectivity index (χ3v) is 5.20. The van der Waals surface area contributed by atoms with Crippen LogP contribution in [0.15, 0.2) is 72.3 Å². The Kier molecular flexibility index (Phi) is 6.40. The van der Waals surface area contributed by atoms with Gasteiger partial charge in [-0.05, 0) is 60.5 Å². The van der Waals surface area contributed by atoms with Crippen molar-refractivity contribution in [1.82, 2.24) is 5.32 Å². The number of carbonyl (C=O) groups is 3. The van der Waals surface area contributed by atoms with E-state index < -0.39 is 17.8 Å². The molecule has 34 heavy (non-hydrogen) atoms. The number of anilines is 1. The van der Waals surface area contributed by atoms with Gasteiger partial charge in [-0.3, -0.25) is 14.9 Å². The highest BCUT2D eigenvalue weighted by Gasteiger charge is 2.36. The van der Waals surface area contributed by atoms with Crippen LogP contribution in [0.25, 0.3) is 6.08 Å². The molecule has 3 aromatic rings.